The largest absolute Gasteiger partial charge is 0.296 e. The van der Waals surface area contributed by atoms with Crippen molar-refractivity contribution in [3.8, 4) is 0 Å². The van der Waals surface area contributed by atoms with Gasteiger partial charge in [-0.05, 0) is 61.4 Å². The number of halogens is 2. The zero-order valence-electron chi connectivity index (χ0n) is 17.8. The second-order valence-corrected chi connectivity index (χ2v) is 10.3. The number of rotatable bonds is 4. The Kier molecular flexibility index (Phi) is 5.95. The number of pyridine rings is 1. The average molecular weight is 528 g/mol. The van der Waals surface area contributed by atoms with Gasteiger partial charge in [-0.1, -0.05) is 51.9 Å². The van der Waals surface area contributed by atoms with Crippen molar-refractivity contribution in [2.75, 3.05) is 10.6 Å². The first-order valence-electron chi connectivity index (χ1n) is 10.0. The summed E-state index contributed by atoms with van der Waals surface area (Å²) < 4.78 is 1.82. The van der Waals surface area contributed by atoms with E-state index in [-0.39, 0.29) is 11.4 Å². The van der Waals surface area contributed by atoms with Crippen molar-refractivity contribution in [1.29, 1.82) is 0 Å². The van der Waals surface area contributed by atoms with Crippen LogP contribution in [0.15, 0.2) is 42.5 Å². The summed E-state index contributed by atoms with van der Waals surface area (Å²) in [6.45, 7) is 3.75. The highest BCUT2D eigenvalue weighted by Gasteiger charge is 2.17. The van der Waals surface area contributed by atoms with E-state index in [1.807, 2.05) is 26.0 Å². The van der Waals surface area contributed by atoms with E-state index in [0.717, 1.165) is 31.6 Å². The summed E-state index contributed by atoms with van der Waals surface area (Å²) in [6.07, 6.45) is 0. The summed E-state index contributed by atoms with van der Waals surface area (Å²) in [5.74, 6) is -0.939. The summed E-state index contributed by atoms with van der Waals surface area (Å²) in [5, 5.41) is 7.57. The van der Waals surface area contributed by atoms with Crippen molar-refractivity contribution in [3.05, 3.63) is 75.0 Å². The standard InChI is InChI=1S/C23H15Cl2N5O2S2/c1-10-12(24)6-8-16-18(10)27-22(33-16)29-20(31)14-4-3-5-15(26-14)21(32)30-23-28-19-11(2)13(25)7-9-17(19)34-23/h3-9H,1-2H3,(H,27,29,31)(H,28,30,32). The third kappa shape index (κ3) is 4.23. The number of fused-ring (bicyclic) bond motifs is 2. The molecule has 5 rings (SSSR count). The number of carbonyl (C=O) groups excluding carboxylic acids is 2. The summed E-state index contributed by atoms with van der Waals surface area (Å²) in [5.41, 5.74) is 3.35. The molecule has 5 aromatic rings. The zero-order valence-corrected chi connectivity index (χ0v) is 20.9. The van der Waals surface area contributed by atoms with Crippen LogP contribution in [0.25, 0.3) is 20.4 Å². The highest BCUT2D eigenvalue weighted by Crippen LogP contribution is 2.33. The molecule has 7 nitrogen and oxygen atoms in total. The van der Waals surface area contributed by atoms with Gasteiger partial charge in [0.25, 0.3) is 11.8 Å². The maximum atomic E-state index is 12.8. The fourth-order valence-corrected chi connectivity index (χ4v) is 5.46. The summed E-state index contributed by atoms with van der Waals surface area (Å²) >= 11 is 15.0. The van der Waals surface area contributed by atoms with Crippen LogP contribution in [0, 0.1) is 13.8 Å². The first-order chi connectivity index (χ1) is 16.3. The lowest BCUT2D eigenvalue weighted by molar-refractivity contribution is 0.101. The molecule has 170 valence electrons. The van der Waals surface area contributed by atoms with Crippen molar-refractivity contribution in [2.24, 2.45) is 0 Å². The first-order valence-corrected chi connectivity index (χ1v) is 12.4. The second kappa shape index (κ2) is 8.92. The van der Waals surface area contributed by atoms with Gasteiger partial charge in [-0.15, -0.1) is 0 Å². The van der Waals surface area contributed by atoms with E-state index in [4.69, 9.17) is 23.2 Å². The molecule has 0 aliphatic heterocycles. The smallest absolute Gasteiger partial charge is 0.276 e. The van der Waals surface area contributed by atoms with Gasteiger partial charge >= 0.3 is 0 Å². The third-order valence-electron chi connectivity index (χ3n) is 5.15. The van der Waals surface area contributed by atoms with Gasteiger partial charge in [-0.3, -0.25) is 20.2 Å². The number of hydrogen-bond donors (Lipinski definition) is 2. The molecule has 0 saturated heterocycles. The van der Waals surface area contributed by atoms with Crippen molar-refractivity contribution < 1.29 is 9.59 Å². The fraction of sp³-hybridized carbons (Fsp3) is 0.0870. The van der Waals surface area contributed by atoms with Crippen LogP contribution < -0.4 is 10.6 Å². The van der Waals surface area contributed by atoms with Gasteiger partial charge in [0.05, 0.1) is 20.4 Å². The third-order valence-corrected chi connectivity index (χ3v) is 7.84. The summed E-state index contributed by atoms with van der Waals surface area (Å²) in [4.78, 5) is 38.7. The average Bonchev–Trinajstić information content (AvgIpc) is 3.43. The summed E-state index contributed by atoms with van der Waals surface area (Å²) in [6, 6.07) is 12.0. The Morgan fingerprint density at radius 2 is 1.15 bits per heavy atom. The van der Waals surface area contributed by atoms with Crippen LogP contribution in [0.5, 0.6) is 0 Å². The molecule has 0 spiro atoms. The number of aromatic nitrogens is 3. The van der Waals surface area contributed by atoms with Crippen LogP contribution in [-0.2, 0) is 0 Å². The molecule has 2 amide bonds. The van der Waals surface area contributed by atoms with Crippen LogP contribution in [0.3, 0.4) is 0 Å². The minimum atomic E-state index is -0.470. The van der Waals surface area contributed by atoms with Crippen LogP contribution in [0.2, 0.25) is 10.0 Å². The Bertz CT molecular complexity index is 1500. The lowest BCUT2D eigenvalue weighted by Gasteiger charge is -2.04. The molecular formula is C23H15Cl2N5O2S2. The van der Waals surface area contributed by atoms with Gasteiger partial charge in [0, 0.05) is 10.0 Å². The molecule has 11 heteroatoms. The Morgan fingerprint density at radius 1 is 0.706 bits per heavy atom. The van der Waals surface area contributed by atoms with Gasteiger partial charge in [-0.2, -0.15) is 0 Å². The maximum Gasteiger partial charge on any atom is 0.276 e. The molecule has 0 aliphatic carbocycles. The predicted molar refractivity (Wildman–Crippen MR) is 139 cm³/mol. The van der Waals surface area contributed by atoms with E-state index >= 15 is 0 Å². The number of amides is 2. The van der Waals surface area contributed by atoms with Gasteiger partial charge in [0.1, 0.15) is 11.4 Å². The normalized spacial score (nSPS) is 11.2. The Labute approximate surface area is 211 Å². The van der Waals surface area contributed by atoms with Crippen LogP contribution in [-0.4, -0.2) is 26.8 Å². The predicted octanol–water partition coefficient (Wildman–Crippen LogP) is 6.73. The second-order valence-electron chi connectivity index (χ2n) is 7.39. The minimum Gasteiger partial charge on any atom is -0.296 e. The van der Waals surface area contributed by atoms with E-state index < -0.39 is 11.8 Å². The van der Waals surface area contributed by atoms with Crippen LogP contribution in [0.4, 0.5) is 10.3 Å². The number of nitrogens with one attached hydrogen (secondary N) is 2. The van der Waals surface area contributed by atoms with Crippen molar-refractivity contribution >= 4 is 88.4 Å². The molecule has 34 heavy (non-hydrogen) atoms. The summed E-state index contributed by atoms with van der Waals surface area (Å²) in [7, 11) is 0. The molecule has 0 unspecified atom stereocenters. The number of thiazole rings is 2. The van der Waals surface area contributed by atoms with Crippen molar-refractivity contribution in [2.45, 2.75) is 13.8 Å². The van der Waals surface area contributed by atoms with E-state index in [0.29, 0.717) is 20.3 Å². The molecule has 0 atom stereocenters. The molecule has 0 fully saturated rings. The number of aryl methyl sites for hydroxylation is 2. The topological polar surface area (TPSA) is 96.9 Å². The van der Waals surface area contributed by atoms with Crippen molar-refractivity contribution in [3.63, 3.8) is 0 Å². The SMILES string of the molecule is Cc1c(Cl)ccc2sc(NC(=O)c3cccc(C(=O)Nc4nc5c(C)c(Cl)ccc5s4)n3)nc12. The van der Waals surface area contributed by atoms with E-state index in [1.54, 1.807) is 18.2 Å². The van der Waals surface area contributed by atoms with E-state index in [9.17, 15) is 9.59 Å². The highest BCUT2D eigenvalue weighted by atomic mass is 35.5. The molecule has 2 aromatic carbocycles. The van der Waals surface area contributed by atoms with Gasteiger partial charge in [0.2, 0.25) is 0 Å². The zero-order chi connectivity index (χ0) is 24.0. The van der Waals surface area contributed by atoms with Crippen LogP contribution in [0.1, 0.15) is 32.1 Å². The Hall–Kier alpha value is -3.11. The van der Waals surface area contributed by atoms with Crippen LogP contribution >= 0.6 is 45.9 Å². The highest BCUT2D eigenvalue weighted by molar-refractivity contribution is 7.22. The molecule has 0 aliphatic rings. The van der Waals surface area contributed by atoms with Gasteiger partial charge in [0.15, 0.2) is 10.3 Å². The maximum absolute atomic E-state index is 12.8. The number of benzene rings is 2. The van der Waals surface area contributed by atoms with Gasteiger partial charge in [-0.25, -0.2) is 15.0 Å². The molecular weight excluding hydrogens is 513 g/mol. The fourth-order valence-electron chi connectivity index (χ4n) is 3.32. The molecule has 0 bridgehead atoms. The molecule has 2 N–H and O–H groups in total. The minimum absolute atomic E-state index is 0.0913. The molecule has 3 heterocycles. The Balaban J connectivity index is 1.35. The molecule has 0 saturated carbocycles. The lowest BCUT2D eigenvalue weighted by Crippen LogP contribution is -2.18. The van der Waals surface area contributed by atoms with E-state index in [2.05, 4.69) is 25.6 Å². The monoisotopic (exact) mass is 527 g/mol. The lowest BCUT2D eigenvalue weighted by atomic mass is 10.2. The number of hydrogen-bond acceptors (Lipinski definition) is 7. The molecule has 3 aromatic heterocycles. The van der Waals surface area contributed by atoms with Gasteiger partial charge < -0.3 is 0 Å². The number of carbonyl (C=O) groups is 2. The van der Waals surface area contributed by atoms with E-state index in [1.165, 1.54) is 34.8 Å². The molecule has 0 radical (unpaired) electrons. The Morgan fingerprint density at radius 3 is 1.59 bits per heavy atom. The first kappa shape index (κ1) is 22.7. The quantitative estimate of drug-likeness (QED) is 0.270. The number of anilines is 2. The van der Waals surface area contributed by atoms with Crippen molar-refractivity contribution in [1.82, 2.24) is 15.0 Å². The number of nitrogens with zero attached hydrogens (tertiary/aromatic N) is 3.